The zero-order valence-corrected chi connectivity index (χ0v) is 16.3. The van der Waals surface area contributed by atoms with Crippen LogP contribution in [0.1, 0.15) is 24.2 Å². The van der Waals surface area contributed by atoms with Gasteiger partial charge in [-0.2, -0.15) is 5.26 Å². The standard InChI is InChI=1S/C22H22N2O6/c1-15(6-11-20(26)27)21(18-4-2-3-5-19(18)29-13-12-25)30-22(28)24-17-9-7-16(14-23)8-10-17/h2-11,15,21,25H,12-13H2,1H3,(H,24,28)(H,26,27)/b11-6+/t15-,21+/m0/s1. The van der Waals surface area contributed by atoms with Gasteiger partial charge in [0.05, 0.1) is 18.2 Å². The topological polar surface area (TPSA) is 129 Å². The summed E-state index contributed by atoms with van der Waals surface area (Å²) in [5.41, 5.74) is 1.42. The van der Waals surface area contributed by atoms with E-state index in [1.54, 1.807) is 55.5 Å². The highest BCUT2D eigenvalue weighted by atomic mass is 16.6. The maximum Gasteiger partial charge on any atom is 0.412 e. The Bertz CT molecular complexity index is 933. The number of para-hydroxylation sites is 1. The van der Waals surface area contributed by atoms with E-state index in [2.05, 4.69) is 5.32 Å². The lowest BCUT2D eigenvalue weighted by atomic mass is 9.96. The Morgan fingerprint density at radius 2 is 1.90 bits per heavy atom. The maximum absolute atomic E-state index is 12.5. The zero-order valence-electron chi connectivity index (χ0n) is 16.3. The number of ether oxygens (including phenoxy) is 2. The van der Waals surface area contributed by atoms with Gasteiger partial charge in [0.1, 0.15) is 18.5 Å². The van der Waals surface area contributed by atoms with E-state index >= 15 is 0 Å². The number of nitrogens with one attached hydrogen (secondary N) is 1. The van der Waals surface area contributed by atoms with E-state index in [9.17, 15) is 9.59 Å². The van der Waals surface area contributed by atoms with Gasteiger partial charge in [-0.05, 0) is 30.3 Å². The van der Waals surface area contributed by atoms with E-state index in [0.29, 0.717) is 22.6 Å². The average Bonchev–Trinajstić information content (AvgIpc) is 2.75. The molecule has 156 valence electrons. The van der Waals surface area contributed by atoms with Crippen LogP contribution < -0.4 is 10.1 Å². The van der Waals surface area contributed by atoms with Gasteiger partial charge in [0.25, 0.3) is 0 Å². The molecule has 0 aliphatic carbocycles. The molecule has 0 radical (unpaired) electrons. The number of hydrogen-bond acceptors (Lipinski definition) is 6. The fourth-order valence-electron chi connectivity index (χ4n) is 2.68. The number of aliphatic carboxylic acids is 1. The van der Waals surface area contributed by atoms with Crippen LogP contribution in [0.4, 0.5) is 10.5 Å². The number of anilines is 1. The number of hydrogen-bond donors (Lipinski definition) is 3. The molecule has 0 fully saturated rings. The molecule has 0 aliphatic heterocycles. The molecule has 0 unspecified atom stereocenters. The Labute approximate surface area is 174 Å². The molecule has 2 aromatic rings. The van der Waals surface area contributed by atoms with Crippen molar-refractivity contribution in [1.29, 1.82) is 5.26 Å². The molecule has 3 N–H and O–H groups in total. The van der Waals surface area contributed by atoms with E-state index in [1.165, 1.54) is 6.08 Å². The van der Waals surface area contributed by atoms with Gasteiger partial charge in [-0.25, -0.2) is 9.59 Å². The normalized spacial score (nSPS) is 12.6. The molecule has 8 nitrogen and oxygen atoms in total. The third-order valence-corrected chi connectivity index (χ3v) is 4.09. The van der Waals surface area contributed by atoms with Gasteiger partial charge in [-0.3, -0.25) is 5.32 Å². The van der Waals surface area contributed by atoms with E-state index in [-0.39, 0.29) is 13.2 Å². The molecule has 0 saturated heterocycles. The number of nitrogens with zero attached hydrogens (tertiary/aromatic N) is 1. The summed E-state index contributed by atoms with van der Waals surface area (Å²) in [6.07, 6.45) is 0.799. The minimum atomic E-state index is -1.12. The molecule has 0 spiro atoms. The molecular weight excluding hydrogens is 388 g/mol. The first kappa shape index (κ1) is 22.5. The van der Waals surface area contributed by atoms with Gasteiger partial charge >= 0.3 is 12.1 Å². The van der Waals surface area contributed by atoms with Gasteiger partial charge in [0.2, 0.25) is 0 Å². The average molecular weight is 410 g/mol. The Balaban J connectivity index is 2.26. The van der Waals surface area contributed by atoms with Crippen LogP contribution in [0.2, 0.25) is 0 Å². The Morgan fingerprint density at radius 3 is 2.53 bits per heavy atom. The van der Waals surface area contributed by atoms with Crippen molar-refractivity contribution in [3.63, 3.8) is 0 Å². The lowest BCUT2D eigenvalue weighted by Gasteiger charge is -2.24. The van der Waals surface area contributed by atoms with Gasteiger partial charge in [0, 0.05) is 23.2 Å². The number of carboxylic acids is 1. The van der Waals surface area contributed by atoms with Gasteiger partial charge < -0.3 is 19.7 Å². The predicted molar refractivity (Wildman–Crippen MR) is 109 cm³/mol. The van der Waals surface area contributed by atoms with Crippen LogP contribution in [-0.4, -0.2) is 35.5 Å². The van der Waals surface area contributed by atoms with Crippen LogP contribution in [0.15, 0.2) is 60.7 Å². The van der Waals surface area contributed by atoms with Crippen LogP contribution in [0.5, 0.6) is 5.75 Å². The molecule has 0 aliphatic rings. The smallest absolute Gasteiger partial charge is 0.412 e. The first-order valence-electron chi connectivity index (χ1n) is 9.16. The van der Waals surface area contributed by atoms with Crippen molar-refractivity contribution in [2.24, 2.45) is 5.92 Å². The number of carbonyl (C=O) groups is 2. The van der Waals surface area contributed by atoms with Crippen molar-refractivity contribution >= 4 is 17.7 Å². The zero-order chi connectivity index (χ0) is 21.9. The van der Waals surface area contributed by atoms with Gasteiger partial charge in [-0.1, -0.05) is 31.2 Å². The van der Waals surface area contributed by atoms with E-state index < -0.39 is 24.1 Å². The second kappa shape index (κ2) is 11.2. The number of amides is 1. The van der Waals surface area contributed by atoms with Crippen LogP contribution in [0, 0.1) is 17.2 Å². The number of carboxylic acid groups (broad SMARTS) is 1. The van der Waals surface area contributed by atoms with E-state index in [4.69, 9.17) is 24.9 Å². The van der Waals surface area contributed by atoms with Crippen molar-refractivity contribution in [2.75, 3.05) is 18.5 Å². The number of nitriles is 1. The van der Waals surface area contributed by atoms with E-state index in [1.807, 2.05) is 6.07 Å². The molecule has 2 rings (SSSR count). The highest BCUT2D eigenvalue weighted by Crippen LogP contribution is 2.34. The predicted octanol–water partition coefficient (Wildman–Crippen LogP) is 3.50. The lowest BCUT2D eigenvalue weighted by Crippen LogP contribution is -2.22. The van der Waals surface area contributed by atoms with E-state index in [0.717, 1.165) is 6.08 Å². The minimum absolute atomic E-state index is 0.0561. The second-order valence-corrected chi connectivity index (χ2v) is 6.31. The molecule has 30 heavy (non-hydrogen) atoms. The highest BCUT2D eigenvalue weighted by Gasteiger charge is 2.25. The molecule has 0 saturated carbocycles. The summed E-state index contributed by atoms with van der Waals surface area (Å²) in [4.78, 5) is 23.4. The fraction of sp³-hybridized carbons (Fsp3) is 0.227. The second-order valence-electron chi connectivity index (χ2n) is 6.31. The third-order valence-electron chi connectivity index (χ3n) is 4.09. The van der Waals surface area contributed by atoms with Crippen LogP contribution in [0.25, 0.3) is 0 Å². The molecule has 2 aromatic carbocycles. The molecule has 0 heterocycles. The molecule has 0 aromatic heterocycles. The number of aliphatic hydroxyl groups excluding tert-OH is 1. The Morgan fingerprint density at radius 1 is 1.20 bits per heavy atom. The minimum Gasteiger partial charge on any atom is -0.491 e. The van der Waals surface area contributed by atoms with Crippen LogP contribution in [-0.2, 0) is 9.53 Å². The molecule has 1 amide bonds. The van der Waals surface area contributed by atoms with Gasteiger partial charge in [0.15, 0.2) is 0 Å². The maximum atomic E-state index is 12.5. The Hall–Kier alpha value is -3.83. The molecule has 0 bridgehead atoms. The fourth-order valence-corrected chi connectivity index (χ4v) is 2.68. The van der Waals surface area contributed by atoms with Crippen LogP contribution >= 0.6 is 0 Å². The first-order chi connectivity index (χ1) is 14.4. The van der Waals surface area contributed by atoms with Crippen molar-refractivity contribution in [3.8, 4) is 11.8 Å². The summed E-state index contributed by atoms with van der Waals surface area (Å²) in [6, 6.07) is 15.1. The molecular formula is C22H22N2O6. The summed E-state index contributed by atoms with van der Waals surface area (Å²) >= 11 is 0. The highest BCUT2D eigenvalue weighted by molar-refractivity contribution is 5.85. The number of carbonyl (C=O) groups excluding carboxylic acids is 1. The molecule has 8 heteroatoms. The first-order valence-corrected chi connectivity index (χ1v) is 9.16. The largest absolute Gasteiger partial charge is 0.491 e. The number of aliphatic hydroxyl groups is 1. The third kappa shape index (κ3) is 6.65. The lowest BCUT2D eigenvalue weighted by molar-refractivity contribution is -0.131. The quantitative estimate of drug-likeness (QED) is 0.540. The SMILES string of the molecule is C[C@@H](/C=C/C(=O)O)[C@@H](OC(=O)Nc1ccc(C#N)cc1)c1ccccc1OCCO. The van der Waals surface area contributed by atoms with Gasteiger partial charge in [-0.15, -0.1) is 0 Å². The van der Waals surface area contributed by atoms with Crippen molar-refractivity contribution in [2.45, 2.75) is 13.0 Å². The summed E-state index contributed by atoms with van der Waals surface area (Å²) in [5, 5.41) is 29.4. The Kier molecular flexibility index (Phi) is 8.41. The molecule has 2 atom stereocenters. The van der Waals surface area contributed by atoms with Crippen LogP contribution in [0.3, 0.4) is 0 Å². The summed E-state index contributed by atoms with van der Waals surface area (Å²) in [5.74, 6) is -1.20. The van der Waals surface area contributed by atoms with Crippen molar-refractivity contribution < 1.29 is 29.3 Å². The summed E-state index contributed by atoms with van der Waals surface area (Å²) in [7, 11) is 0. The summed E-state index contributed by atoms with van der Waals surface area (Å²) < 4.78 is 11.1. The number of benzene rings is 2. The van der Waals surface area contributed by atoms with Crippen molar-refractivity contribution in [3.05, 3.63) is 71.8 Å². The summed E-state index contributed by atoms with van der Waals surface area (Å²) in [6.45, 7) is 1.58. The number of rotatable bonds is 9. The monoisotopic (exact) mass is 410 g/mol. The van der Waals surface area contributed by atoms with Crippen molar-refractivity contribution in [1.82, 2.24) is 0 Å².